The molecule has 3 aromatic heterocycles. The molecule has 0 amide bonds. The number of hydrogen-bond acceptors (Lipinski definition) is 3. The average Bonchev–Trinajstić information content (AvgIpc) is 3.61. The van der Waals surface area contributed by atoms with Crippen LogP contribution in [0.4, 0.5) is 0 Å². The predicted molar refractivity (Wildman–Crippen MR) is 227 cm³/mol. The van der Waals surface area contributed by atoms with Gasteiger partial charge in [0.25, 0.3) is 0 Å². The molecule has 3 aromatic carbocycles. The van der Waals surface area contributed by atoms with E-state index < -0.39 is 0 Å². The quantitative estimate of drug-likeness (QED) is 0.140. The van der Waals surface area contributed by atoms with Crippen molar-refractivity contribution in [2.75, 3.05) is 0 Å². The van der Waals surface area contributed by atoms with Crippen molar-refractivity contribution in [3.8, 4) is 23.0 Å². The average molecular weight is 721 g/mol. The number of aryl methyl sites for hydroxylation is 2. The van der Waals surface area contributed by atoms with Crippen molar-refractivity contribution in [1.82, 2.24) is 19.3 Å². The summed E-state index contributed by atoms with van der Waals surface area (Å²) >= 11 is 0. The minimum absolute atomic E-state index is 0.0782. The molecule has 54 heavy (non-hydrogen) atoms. The summed E-state index contributed by atoms with van der Waals surface area (Å²) in [6.45, 7) is 25.6. The second-order valence-electron chi connectivity index (χ2n) is 18.1. The Morgan fingerprint density at radius 2 is 1.61 bits per heavy atom. The smallest absolute Gasteiger partial charge is 0.137 e. The number of benzene rings is 3. The van der Waals surface area contributed by atoms with Crippen molar-refractivity contribution < 1.29 is 4.74 Å². The van der Waals surface area contributed by atoms with Gasteiger partial charge in [0.15, 0.2) is 0 Å². The summed E-state index contributed by atoms with van der Waals surface area (Å²) in [5, 5.41) is 7.69. The fourth-order valence-corrected chi connectivity index (χ4v) is 8.98. The summed E-state index contributed by atoms with van der Waals surface area (Å²) in [4.78, 5) is 4.88. The van der Waals surface area contributed by atoms with Crippen LogP contribution in [0.1, 0.15) is 128 Å². The van der Waals surface area contributed by atoms with Crippen molar-refractivity contribution in [1.29, 1.82) is 0 Å². The first-order valence-electron chi connectivity index (χ1n) is 20.2. The Morgan fingerprint density at radius 1 is 0.852 bits per heavy atom. The Balaban J connectivity index is 1.32. The first kappa shape index (κ1) is 37.7. The van der Waals surface area contributed by atoms with Gasteiger partial charge in [0, 0.05) is 46.3 Å². The van der Waals surface area contributed by atoms with Crippen molar-refractivity contribution in [2.45, 2.75) is 120 Å². The molecular formula is C49H60N4O. The summed E-state index contributed by atoms with van der Waals surface area (Å²) in [6.07, 6.45) is 10.2. The lowest BCUT2D eigenvalue weighted by Crippen LogP contribution is -2.34. The van der Waals surface area contributed by atoms with E-state index in [0.717, 1.165) is 59.0 Å². The lowest BCUT2D eigenvalue weighted by atomic mass is 9.59. The molecule has 5 nitrogen and oxygen atoms in total. The number of para-hydroxylation sites is 1. The molecule has 5 heteroatoms. The second kappa shape index (κ2) is 14.5. The van der Waals surface area contributed by atoms with Crippen LogP contribution in [-0.4, -0.2) is 19.3 Å². The fourth-order valence-electron chi connectivity index (χ4n) is 8.98. The Labute approximate surface area is 323 Å². The minimum atomic E-state index is 0.0782. The number of fused-ring (bicyclic) bond motifs is 3. The highest BCUT2D eigenvalue weighted by Crippen LogP contribution is 2.53. The van der Waals surface area contributed by atoms with E-state index >= 15 is 0 Å². The van der Waals surface area contributed by atoms with Crippen LogP contribution in [-0.2, 0) is 6.42 Å². The molecule has 0 saturated carbocycles. The molecule has 0 saturated heterocycles. The van der Waals surface area contributed by atoms with Crippen LogP contribution >= 0.6 is 0 Å². The standard InChI is InChI=1S/C49H60N4O/c1-12-13-17-34-24-25-50-45(26-34)52-43-21-15-14-18-39(43)40-23-22-37(30-44(40)52)54-38-28-35(31(2)3)27-36(29-38)53-33(5)46(32(4)51-53)47-41(48(6,7)8)19-16-20-42(47)49(9,10)11/h14-15,18-19,21-31,42,47H,12-13,16-17,20H2,1-11H3/t42?,47-/m0/s1. The first-order valence-corrected chi connectivity index (χ1v) is 20.2. The summed E-state index contributed by atoms with van der Waals surface area (Å²) in [7, 11) is 0. The van der Waals surface area contributed by atoms with E-state index in [1.54, 1.807) is 5.57 Å². The van der Waals surface area contributed by atoms with Crippen LogP contribution < -0.4 is 4.74 Å². The maximum absolute atomic E-state index is 6.84. The van der Waals surface area contributed by atoms with E-state index in [0.29, 0.717) is 17.8 Å². The maximum Gasteiger partial charge on any atom is 0.137 e. The zero-order valence-corrected chi connectivity index (χ0v) is 34.5. The molecule has 1 aliphatic rings. The first-order chi connectivity index (χ1) is 25.7. The molecule has 6 aromatic rings. The van der Waals surface area contributed by atoms with E-state index in [9.17, 15) is 0 Å². The molecule has 0 spiro atoms. The van der Waals surface area contributed by atoms with Crippen LogP contribution in [0.15, 0.2) is 90.6 Å². The summed E-state index contributed by atoms with van der Waals surface area (Å²) in [5.74, 6) is 3.73. The van der Waals surface area contributed by atoms with Crippen LogP contribution in [0, 0.1) is 30.6 Å². The molecule has 0 fully saturated rings. The molecule has 0 bridgehead atoms. The summed E-state index contributed by atoms with van der Waals surface area (Å²) in [5.41, 5.74) is 11.3. The minimum Gasteiger partial charge on any atom is -0.457 e. The number of ether oxygens (including phenoxy) is 1. The van der Waals surface area contributed by atoms with Gasteiger partial charge in [0.05, 0.1) is 22.4 Å². The van der Waals surface area contributed by atoms with Crippen LogP contribution in [0.25, 0.3) is 33.3 Å². The molecule has 0 aliphatic heterocycles. The zero-order valence-electron chi connectivity index (χ0n) is 34.5. The largest absolute Gasteiger partial charge is 0.457 e. The predicted octanol–water partition coefficient (Wildman–Crippen LogP) is 13.8. The van der Waals surface area contributed by atoms with Crippen molar-refractivity contribution in [2.24, 2.45) is 16.7 Å². The van der Waals surface area contributed by atoms with Gasteiger partial charge in [-0.1, -0.05) is 98.6 Å². The SMILES string of the molecule is CCCCc1ccnc(-n2c3ccccc3c3ccc(Oc4cc(C(C)C)cc(-n5nc(C)c([C@H]6C(C(C)(C)C)=CCCC6C(C)(C)C)c5C)c4)cc32)c1. The molecule has 2 atom stereocenters. The molecule has 1 aliphatic carbocycles. The number of nitrogens with zero attached hydrogens (tertiary/aromatic N) is 4. The van der Waals surface area contributed by atoms with E-state index in [1.807, 2.05) is 6.20 Å². The lowest BCUT2D eigenvalue weighted by molar-refractivity contribution is 0.180. The Kier molecular flexibility index (Phi) is 10.1. The lowest BCUT2D eigenvalue weighted by Gasteiger charge is -2.45. The number of allylic oxidation sites excluding steroid dienone is 2. The van der Waals surface area contributed by atoms with Gasteiger partial charge in [-0.2, -0.15) is 5.10 Å². The van der Waals surface area contributed by atoms with Gasteiger partial charge in [-0.15, -0.1) is 0 Å². The van der Waals surface area contributed by atoms with E-state index in [2.05, 4.69) is 164 Å². The fraction of sp³-hybridized carbons (Fsp3) is 0.429. The highest BCUT2D eigenvalue weighted by Gasteiger charge is 2.42. The van der Waals surface area contributed by atoms with Gasteiger partial charge in [-0.3, -0.25) is 4.57 Å². The third-order valence-electron chi connectivity index (χ3n) is 11.8. The number of pyridine rings is 1. The van der Waals surface area contributed by atoms with Gasteiger partial charge in [0.1, 0.15) is 17.3 Å². The Hall–Kier alpha value is -4.64. The maximum atomic E-state index is 6.84. The summed E-state index contributed by atoms with van der Waals surface area (Å²) < 4.78 is 11.3. The topological polar surface area (TPSA) is 44.9 Å². The molecule has 0 N–H and O–H groups in total. The molecule has 282 valence electrons. The van der Waals surface area contributed by atoms with Gasteiger partial charge in [-0.25, -0.2) is 9.67 Å². The number of unbranched alkanes of at least 4 members (excludes halogenated alkanes) is 1. The Bertz CT molecular complexity index is 2340. The highest BCUT2D eigenvalue weighted by atomic mass is 16.5. The number of hydrogen-bond donors (Lipinski definition) is 0. The van der Waals surface area contributed by atoms with E-state index in [4.69, 9.17) is 14.8 Å². The third-order valence-corrected chi connectivity index (χ3v) is 11.8. The third kappa shape index (κ3) is 7.14. The van der Waals surface area contributed by atoms with Crippen LogP contribution in [0.5, 0.6) is 11.5 Å². The Morgan fingerprint density at radius 3 is 2.33 bits per heavy atom. The van der Waals surface area contributed by atoms with Gasteiger partial charge >= 0.3 is 0 Å². The van der Waals surface area contributed by atoms with Gasteiger partial charge in [0.2, 0.25) is 0 Å². The van der Waals surface area contributed by atoms with Crippen molar-refractivity contribution in [3.63, 3.8) is 0 Å². The molecule has 3 heterocycles. The zero-order chi connectivity index (χ0) is 38.5. The van der Waals surface area contributed by atoms with Crippen molar-refractivity contribution in [3.05, 3.63) is 119 Å². The second-order valence-corrected chi connectivity index (χ2v) is 18.1. The van der Waals surface area contributed by atoms with Gasteiger partial charge in [-0.05, 0) is 116 Å². The monoisotopic (exact) mass is 720 g/mol. The highest BCUT2D eigenvalue weighted by molar-refractivity contribution is 6.09. The molecular weight excluding hydrogens is 661 g/mol. The summed E-state index contributed by atoms with van der Waals surface area (Å²) in [6, 6.07) is 26.1. The van der Waals surface area contributed by atoms with Gasteiger partial charge < -0.3 is 4.74 Å². The van der Waals surface area contributed by atoms with E-state index in [1.165, 1.54) is 46.0 Å². The molecule has 0 radical (unpaired) electrons. The molecule has 7 rings (SSSR count). The van der Waals surface area contributed by atoms with Crippen molar-refractivity contribution >= 4 is 21.8 Å². The molecule has 1 unspecified atom stereocenters. The normalized spacial score (nSPS) is 16.8. The van der Waals surface area contributed by atoms with E-state index in [-0.39, 0.29) is 10.8 Å². The van der Waals surface area contributed by atoms with Crippen LogP contribution in [0.3, 0.4) is 0 Å². The number of aromatic nitrogens is 4. The number of rotatable bonds is 9. The van der Waals surface area contributed by atoms with Crippen LogP contribution in [0.2, 0.25) is 0 Å².